The third-order valence-corrected chi connectivity index (χ3v) is 3.56. The fraction of sp³-hybridized carbons (Fsp3) is 0.600. The van der Waals surface area contributed by atoms with Gasteiger partial charge < -0.3 is 14.8 Å². The number of para-hydroxylation sites is 1. The molecule has 0 bridgehead atoms. The standard InChI is InChI=1S/C15H25NO2S/c1-4-9-16-12-13-7-6-8-14(17-3)15(13)18-10-11-19-5-2/h6-8,16H,4-5,9-12H2,1-3H3. The van der Waals surface area contributed by atoms with Crippen LogP contribution in [0.1, 0.15) is 25.8 Å². The molecule has 0 radical (unpaired) electrons. The molecule has 0 spiro atoms. The van der Waals surface area contributed by atoms with E-state index in [1.54, 1.807) is 7.11 Å². The van der Waals surface area contributed by atoms with Gasteiger partial charge in [0.1, 0.15) is 0 Å². The van der Waals surface area contributed by atoms with Crippen LogP contribution in [-0.4, -0.2) is 31.8 Å². The lowest BCUT2D eigenvalue weighted by atomic mass is 10.2. The fourth-order valence-corrected chi connectivity index (χ4v) is 2.26. The van der Waals surface area contributed by atoms with E-state index in [0.717, 1.165) is 54.7 Å². The molecule has 19 heavy (non-hydrogen) atoms. The third kappa shape index (κ3) is 5.74. The lowest BCUT2D eigenvalue weighted by Gasteiger charge is -2.15. The van der Waals surface area contributed by atoms with Gasteiger partial charge in [-0.3, -0.25) is 0 Å². The monoisotopic (exact) mass is 283 g/mol. The summed E-state index contributed by atoms with van der Waals surface area (Å²) in [5.74, 6) is 3.83. The average molecular weight is 283 g/mol. The Labute approximate surface area is 121 Å². The number of hydrogen-bond donors (Lipinski definition) is 1. The molecular formula is C15H25NO2S. The lowest BCUT2D eigenvalue weighted by Crippen LogP contribution is -2.15. The van der Waals surface area contributed by atoms with Gasteiger partial charge in [-0.05, 0) is 24.8 Å². The second kappa shape index (κ2) is 9.98. The van der Waals surface area contributed by atoms with Crippen molar-refractivity contribution in [2.24, 2.45) is 0 Å². The van der Waals surface area contributed by atoms with E-state index >= 15 is 0 Å². The van der Waals surface area contributed by atoms with Crippen LogP contribution in [0.5, 0.6) is 11.5 Å². The van der Waals surface area contributed by atoms with E-state index in [-0.39, 0.29) is 0 Å². The number of hydrogen-bond acceptors (Lipinski definition) is 4. The molecule has 0 amide bonds. The minimum Gasteiger partial charge on any atom is -0.493 e. The summed E-state index contributed by atoms with van der Waals surface area (Å²) < 4.78 is 11.3. The summed E-state index contributed by atoms with van der Waals surface area (Å²) >= 11 is 1.89. The largest absolute Gasteiger partial charge is 0.493 e. The molecule has 1 aromatic rings. The van der Waals surface area contributed by atoms with Crippen molar-refractivity contribution in [2.75, 3.05) is 31.8 Å². The highest BCUT2D eigenvalue weighted by Crippen LogP contribution is 2.31. The summed E-state index contributed by atoms with van der Waals surface area (Å²) in [6, 6.07) is 6.05. The number of benzene rings is 1. The number of thioether (sulfide) groups is 1. The number of ether oxygens (including phenoxy) is 2. The van der Waals surface area contributed by atoms with E-state index < -0.39 is 0 Å². The summed E-state index contributed by atoms with van der Waals surface area (Å²) in [4.78, 5) is 0. The zero-order valence-electron chi connectivity index (χ0n) is 12.2. The number of methoxy groups -OCH3 is 1. The number of rotatable bonds is 10. The summed E-state index contributed by atoms with van der Waals surface area (Å²) in [5, 5.41) is 3.40. The maximum Gasteiger partial charge on any atom is 0.165 e. The highest BCUT2D eigenvalue weighted by Gasteiger charge is 2.10. The first-order chi connectivity index (χ1) is 9.33. The first-order valence-corrected chi connectivity index (χ1v) is 8.06. The van der Waals surface area contributed by atoms with Gasteiger partial charge in [0.2, 0.25) is 0 Å². The molecule has 1 aromatic carbocycles. The number of nitrogens with one attached hydrogen (secondary N) is 1. The van der Waals surface area contributed by atoms with Crippen LogP contribution in [0.2, 0.25) is 0 Å². The Hall–Kier alpha value is -0.870. The average Bonchev–Trinajstić information content (AvgIpc) is 2.44. The molecule has 0 fully saturated rings. The SMILES string of the molecule is CCCNCc1cccc(OC)c1OCCSCC. The van der Waals surface area contributed by atoms with Crippen LogP contribution in [0.4, 0.5) is 0 Å². The molecule has 0 heterocycles. The van der Waals surface area contributed by atoms with E-state index in [1.807, 2.05) is 23.9 Å². The molecule has 0 aliphatic heterocycles. The molecule has 0 aliphatic rings. The topological polar surface area (TPSA) is 30.5 Å². The molecule has 3 nitrogen and oxygen atoms in total. The van der Waals surface area contributed by atoms with E-state index in [1.165, 1.54) is 0 Å². The van der Waals surface area contributed by atoms with Gasteiger partial charge in [0.25, 0.3) is 0 Å². The fourth-order valence-electron chi connectivity index (χ4n) is 1.77. The highest BCUT2D eigenvalue weighted by molar-refractivity contribution is 7.99. The Kier molecular flexibility index (Phi) is 8.50. The Balaban J connectivity index is 2.66. The van der Waals surface area contributed by atoms with Gasteiger partial charge in [-0.15, -0.1) is 0 Å². The summed E-state index contributed by atoms with van der Waals surface area (Å²) in [7, 11) is 1.69. The van der Waals surface area contributed by atoms with E-state index in [2.05, 4.69) is 25.2 Å². The van der Waals surface area contributed by atoms with Crippen molar-refractivity contribution in [3.8, 4) is 11.5 Å². The Bertz CT molecular complexity index is 358. The second-order valence-electron chi connectivity index (χ2n) is 4.17. The first-order valence-electron chi connectivity index (χ1n) is 6.90. The predicted molar refractivity (Wildman–Crippen MR) is 83.5 cm³/mol. The second-order valence-corrected chi connectivity index (χ2v) is 5.56. The van der Waals surface area contributed by atoms with Gasteiger partial charge in [0.15, 0.2) is 11.5 Å². The minimum absolute atomic E-state index is 0.722. The molecule has 0 saturated carbocycles. The van der Waals surface area contributed by atoms with Gasteiger partial charge in [0.05, 0.1) is 13.7 Å². The summed E-state index contributed by atoms with van der Waals surface area (Å²) in [6.07, 6.45) is 1.13. The molecule has 0 atom stereocenters. The quantitative estimate of drug-likeness (QED) is 0.667. The smallest absolute Gasteiger partial charge is 0.165 e. The van der Waals surface area contributed by atoms with Gasteiger partial charge in [-0.2, -0.15) is 11.8 Å². The van der Waals surface area contributed by atoms with E-state index in [4.69, 9.17) is 9.47 Å². The van der Waals surface area contributed by atoms with E-state index in [0.29, 0.717) is 0 Å². The molecule has 0 unspecified atom stereocenters. The predicted octanol–water partition coefficient (Wildman–Crippen LogP) is 3.33. The maximum absolute atomic E-state index is 5.91. The minimum atomic E-state index is 0.722. The molecule has 0 aliphatic carbocycles. The van der Waals surface area contributed by atoms with E-state index in [9.17, 15) is 0 Å². The van der Waals surface area contributed by atoms with Crippen LogP contribution in [-0.2, 0) is 6.54 Å². The Morgan fingerprint density at radius 1 is 1.26 bits per heavy atom. The van der Waals surface area contributed by atoms with Crippen molar-refractivity contribution in [3.05, 3.63) is 23.8 Å². The van der Waals surface area contributed by atoms with Gasteiger partial charge in [-0.1, -0.05) is 26.0 Å². The van der Waals surface area contributed by atoms with Crippen LogP contribution >= 0.6 is 11.8 Å². The Morgan fingerprint density at radius 3 is 2.79 bits per heavy atom. The molecule has 4 heteroatoms. The summed E-state index contributed by atoms with van der Waals surface area (Å²) in [5.41, 5.74) is 1.16. The third-order valence-electron chi connectivity index (χ3n) is 2.70. The van der Waals surface area contributed by atoms with Crippen molar-refractivity contribution >= 4 is 11.8 Å². The van der Waals surface area contributed by atoms with Crippen LogP contribution < -0.4 is 14.8 Å². The zero-order chi connectivity index (χ0) is 13.9. The van der Waals surface area contributed by atoms with Crippen LogP contribution in [0, 0.1) is 0 Å². The highest BCUT2D eigenvalue weighted by atomic mass is 32.2. The normalized spacial score (nSPS) is 10.5. The van der Waals surface area contributed by atoms with Gasteiger partial charge >= 0.3 is 0 Å². The lowest BCUT2D eigenvalue weighted by molar-refractivity contribution is 0.309. The van der Waals surface area contributed by atoms with Crippen LogP contribution in [0.3, 0.4) is 0 Å². The molecule has 0 saturated heterocycles. The molecular weight excluding hydrogens is 258 g/mol. The van der Waals surface area contributed by atoms with Gasteiger partial charge in [0, 0.05) is 17.9 Å². The molecule has 1 N–H and O–H groups in total. The maximum atomic E-state index is 5.91. The Morgan fingerprint density at radius 2 is 2.11 bits per heavy atom. The van der Waals surface area contributed by atoms with Crippen molar-refractivity contribution in [2.45, 2.75) is 26.8 Å². The van der Waals surface area contributed by atoms with Crippen LogP contribution in [0.15, 0.2) is 18.2 Å². The van der Waals surface area contributed by atoms with Crippen molar-refractivity contribution in [1.82, 2.24) is 5.32 Å². The van der Waals surface area contributed by atoms with Crippen LogP contribution in [0.25, 0.3) is 0 Å². The zero-order valence-corrected chi connectivity index (χ0v) is 13.0. The first kappa shape index (κ1) is 16.2. The van der Waals surface area contributed by atoms with Crippen molar-refractivity contribution in [1.29, 1.82) is 0 Å². The molecule has 108 valence electrons. The van der Waals surface area contributed by atoms with Gasteiger partial charge in [-0.25, -0.2) is 0 Å². The summed E-state index contributed by atoms with van der Waals surface area (Å²) in [6.45, 7) is 6.88. The van der Waals surface area contributed by atoms with Crippen molar-refractivity contribution in [3.63, 3.8) is 0 Å². The van der Waals surface area contributed by atoms with Crippen molar-refractivity contribution < 1.29 is 9.47 Å². The molecule has 1 rings (SSSR count). The molecule has 0 aromatic heterocycles.